The van der Waals surface area contributed by atoms with E-state index in [0.717, 1.165) is 12.8 Å². The molecule has 100 valence electrons. The van der Waals surface area contributed by atoms with Crippen molar-refractivity contribution < 1.29 is 14.3 Å². The number of para-hydroxylation sites is 1. The Morgan fingerprint density at radius 1 is 1.47 bits per heavy atom. The third-order valence-corrected chi connectivity index (χ3v) is 3.21. The number of carbonyl (C=O) groups excluding carboxylic acids is 1. The second kappa shape index (κ2) is 5.61. The second-order valence-electron chi connectivity index (χ2n) is 4.48. The Morgan fingerprint density at radius 2 is 2.21 bits per heavy atom. The standard InChI is InChI=1S/C14H16N2O3/c1-18-11-5-3-4-10(8-15)12(11)16-13(9-6-7-9)14(17)19-2/h3-5,9,13,16H,6-7H2,1-2H3. The normalized spacial score (nSPS) is 15.2. The fourth-order valence-electron chi connectivity index (χ4n) is 2.02. The molecule has 0 saturated heterocycles. The summed E-state index contributed by atoms with van der Waals surface area (Å²) in [5.74, 6) is 0.509. The molecule has 1 aliphatic carbocycles. The van der Waals surface area contributed by atoms with Gasteiger partial charge in [0.25, 0.3) is 0 Å². The molecule has 5 nitrogen and oxygen atoms in total. The highest BCUT2D eigenvalue weighted by molar-refractivity contribution is 5.82. The molecular weight excluding hydrogens is 244 g/mol. The number of anilines is 1. The highest BCUT2D eigenvalue weighted by atomic mass is 16.5. The summed E-state index contributed by atoms with van der Waals surface area (Å²) < 4.78 is 10.0. The van der Waals surface area contributed by atoms with Crippen LogP contribution in [-0.2, 0) is 9.53 Å². The van der Waals surface area contributed by atoms with Gasteiger partial charge in [0.2, 0.25) is 0 Å². The number of benzene rings is 1. The average molecular weight is 260 g/mol. The predicted octanol–water partition coefficient (Wildman–Crippen LogP) is 1.93. The molecular formula is C14H16N2O3. The molecule has 1 aromatic rings. The first-order chi connectivity index (χ1) is 9.21. The maximum atomic E-state index is 11.8. The lowest BCUT2D eigenvalue weighted by molar-refractivity contribution is -0.142. The van der Waals surface area contributed by atoms with E-state index < -0.39 is 6.04 Å². The summed E-state index contributed by atoms with van der Waals surface area (Å²) in [6, 6.07) is 6.86. The van der Waals surface area contributed by atoms with Crippen molar-refractivity contribution >= 4 is 11.7 Å². The Labute approximate surface area is 112 Å². The van der Waals surface area contributed by atoms with E-state index in [0.29, 0.717) is 17.0 Å². The van der Waals surface area contributed by atoms with Crippen LogP contribution in [-0.4, -0.2) is 26.2 Å². The highest BCUT2D eigenvalue weighted by Gasteiger charge is 2.37. The molecule has 1 N–H and O–H groups in total. The largest absolute Gasteiger partial charge is 0.495 e. The number of rotatable bonds is 5. The third kappa shape index (κ3) is 2.79. The highest BCUT2D eigenvalue weighted by Crippen LogP contribution is 2.37. The van der Waals surface area contributed by atoms with E-state index >= 15 is 0 Å². The quantitative estimate of drug-likeness (QED) is 0.819. The number of ether oxygens (including phenoxy) is 2. The van der Waals surface area contributed by atoms with Crippen molar-refractivity contribution in [2.75, 3.05) is 19.5 Å². The first kappa shape index (κ1) is 13.2. The van der Waals surface area contributed by atoms with Gasteiger partial charge in [0.15, 0.2) is 0 Å². The Balaban J connectivity index is 2.30. The molecule has 0 amide bonds. The predicted molar refractivity (Wildman–Crippen MR) is 69.9 cm³/mol. The summed E-state index contributed by atoms with van der Waals surface area (Å²) in [6.07, 6.45) is 1.98. The van der Waals surface area contributed by atoms with Crippen LogP contribution in [0, 0.1) is 17.2 Å². The lowest BCUT2D eigenvalue weighted by Crippen LogP contribution is -2.33. The van der Waals surface area contributed by atoms with Gasteiger partial charge in [0.1, 0.15) is 17.9 Å². The molecule has 19 heavy (non-hydrogen) atoms. The first-order valence-electron chi connectivity index (χ1n) is 6.12. The number of hydrogen-bond donors (Lipinski definition) is 1. The van der Waals surface area contributed by atoms with E-state index in [1.165, 1.54) is 14.2 Å². The third-order valence-electron chi connectivity index (χ3n) is 3.21. The minimum absolute atomic E-state index is 0.268. The van der Waals surface area contributed by atoms with Crippen molar-refractivity contribution in [1.82, 2.24) is 0 Å². The van der Waals surface area contributed by atoms with Crippen molar-refractivity contribution in [3.63, 3.8) is 0 Å². The van der Waals surface area contributed by atoms with E-state index in [4.69, 9.17) is 14.7 Å². The zero-order valence-corrected chi connectivity index (χ0v) is 11.0. The van der Waals surface area contributed by atoms with Crippen LogP contribution >= 0.6 is 0 Å². The second-order valence-corrected chi connectivity index (χ2v) is 4.48. The summed E-state index contributed by atoms with van der Waals surface area (Å²) in [5, 5.41) is 12.2. The van der Waals surface area contributed by atoms with Crippen LogP contribution in [0.2, 0.25) is 0 Å². The van der Waals surface area contributed by atoms with Crippen LogP contribution in [0.3, 0.4) is 0 Å². The molecule has 1 aliphatic rings. The molecule has 0 bridgehead atoms. The van der Waals surface area contributed by atoms with E-state index in [1.54, 1.807) is 18.2 Å². The number of carbonyl (C=O) groups is 1. The van der Waals surface area contributed by atoms with Gasteiger partial charge in [-0.05, 0) is 30.9 Å². The summed E-state index contributed by atoms with van der Waals surface area (Å²) in [7, 11) is 2.90. The fraction of sp³-hybridized carbons (Fsp3) is 0.429. The number of methoxy groups -OCH3 is 2. The molecule has 5 heteroatoms. The molecule has 1 saturated carbocycles. The van der Waals surface area contributed by atoms with E-state index in [-0.39, 0.29) is 11.9 Å². The van der Waals surface area contributed by atoms with Gasteiger partial charge in [-0.15, -0.1) is 0 Å². The van der Waals surface area contributed by atoms with Crippen LogP contribution in [0.15, 0.2) is 18.2 Å². The maximum Gasteiger partial charge on any atom is 0.328 e. The minimum Gasteiger partial charge on any atom is -0.495 e. The van der Waals surface area contributed by atoms with Gasteiger partial charge in [-0.1, -0.05) is 6.07 Å². The SMILES string of the molecule is COC(=O)C(Nc1c(C#N)cccc1OC)C1CC1. The molecule has 0 heterocycles. The Kier molecular flexibility index (Phi) is 3.91. The molecule has 0 spiro atoms. The van der Waals surface area contributed by atoms with Crippen LogP contribution in [0.25, 0.3) is 0 Å². The Bertz CT molecular complexity index is 518. The van der Waals surface area contributed by atoms with Crippen molar-refractivity contribution in [2.24, 2.45) is 5.92 Å². The number of nitrogens with zero attached hydrogens (tertiary/aromatic N) is 1. The summed E-state index contributed by atoms with van der Waals surface area (Å²) in [5.41, 5.74) is 1.00. The van der Waals surface area contributed by atoms with Gasteiger partial charge in [0.05, 0.1) is 25.5 Å². The molecule has 0 aliphatic heterocycles. The number of nitrogens with one attached hydrogen (secondary N) is 1. The van der Waals surface area contributed by atoms with Crippen molar-refractivity contribution in [1.29, 1.82) is 5.26 Å². The van der Waals surface area contributed by atoms with Crippen molar-refractivity contribution in [2.45, 2.75) is 18.9 Å². The summed E-state index contributed by atoms with van der Waals surface area (Å²) >= 11 is 0. The van der Waals surface area contributed by atoms with E-state index in [2.05, 4.69) is 11.4 Å². The zero-order valence-electron chi connectivity index (χ0n) is 11.0. The van der Waals surface area contributed by atoms with Gasteiger partial charge < -0.3 is 14.8 Å². The Hall–Kier alpha value is -2.22. The first-order valence-corrected chi connectivity index (χ1v) is 6.12. The topological polar surface area (TPSA) is 71.3 Å². The van der Waals surface area contributed by atoms with Gasteiger partial charge in [-0.25, -0.2) is 4.79 Å². The monoisotopic (exact) mass is 260 g/mol. The lowest BCUT2D eigenvalue weighted by atomic mass is 10.1. The summed E-state index contributed by atoms with van der Waals surface area (Å²) in [4.78, 5) is 11.8. The molecule has 2 rings (SSSR count). The fourth-order valence-corrected chi connectivity index (χ4v) is 2.02. The van der Waals surface area contributed by atoms with Crippen LogP contribution in [0.5, 0.6) is 5.75 Å². The minimum atomic E-state index is -0.423. The smallest absolute Gasteiger partial charge is 0.328 e. The lowest BCUT2D eigenvalue weighted by Gasteiger charge is -2.19. The summed E-state index contributed by atoms with van der Waals surface area (Å²) in [6.45, 7) is 0. The van der Waals surface area contributed by atoms with Crippen LogP contribution in [0.1, 0.15) is 18.4 Å². The molecule has 0 radical (unpaired) electrons. The maximum absolute atomic E-state index is 11.8. The van der Waals surface area contributed by atoms with Gasteiger partial charge in [-0.2, -0.15) is 5.26 Å². The van der Waals surface area contributed by atoms with Gasteiger partial charge in [0, 0.05) is 0 Å². The van der Waals surface area contributed by atoms with Crippen molar-refractivity contribution in [3.8, 4) is 11.8 Å². The number of hydrogen-bond acceptors (Lipinski definition) is 5. The molecule has 1 unspecified atom stereocenters. The van der Waals surface area contributed by atoms with E-state index in [9.17, 15) is 4.79 Å². The van der Waals surface area contributed by atoms with Gasteiger partial charge >= 0.3 is 5.97 Å². The Morgan fingerprint density at radius 3 is 2.74 bits per heavy atom. The van der Waals surface area contributed by atoms with Crippen LogP contribution < -0.4 is 10.1 Å². The molecule has 1 aromatic carbocycles. The molecule has 1 atom stereocenters. The van der Waals surface area contributed by atoms with Crippen molar-refractivity contribution in [3.05, 3.63) is 23.8 Å². The van der Waals surface area contributed by atoms with Gasteiger partial charge in [-0.3, -0.25) is 0 Å². The van der Waals surface area contributed by atoms with E-state index in [1.807, 2.05) is 0 Å². The number of nitriles is 1. The number of esters is 1. The molecule has 1 fully saturated rings. The average Bonchev–Trinajstić information content (AvgIpc) is 3.28. The van der Waals surface area contributed by atoms with Crippen LogP contribution in [0.4, 0.5) is 5.69 Å². The zero-order chi connectivity index (χ0) is 13.8. The molecule has 0 aromatic heterocycles.